The molecule has 14 heteroatoms. The third-order valence-electron chi connectivity index (χ3n) is 7.76. The predicted molar refractivity (Wildman–Crippen MR) is 192 cm³/mol. The number of guanidine groups is 1. The van der Waals surface area contributed by atoms with Gasteiger partial charge in [-0.05, 0) is 84.8 Å². The number of ether oxygens (including phenoxy) is 1. The van der Waals surface area contributed by atoms with E-state index < -0.39 is 12.5 Å². The molecule has 0 spiro atoms. The van der Waals surface area contributed by atoms with Gasteiger partial charge >= 0.3 is 12.1 Å². The van der Waals surface area contributed by atoms with Crippen molar-refractivity contribution in [3.8, 4) is 11.4 Å². The van der Waals surface area contributed by atoms with Crippen molar-refractivity contribution in [3.05, 3.63) is 87.6 Å². The number of nitrogens with zero attached hydrogens (tertiary/aromatic N) is 3. The van der Waals surface area contributed by atoms with E-state index in [9.17, 15) is 23.1 Å². The monoisotopic (exact) mass is 700 g/mol. The summed E-state index contributed by atoms with van der Waals surface area (Å²) in [6.45, 7) is 14.6. The molecule has 4 rings (SSSR count). The van der Waals surface area contributed by atoms with Crippen LogP contribution in [0.1, 0.15) is 89.3 Å². The lowest BCUT2D eigenvalue weighted by Gasteiger charge is -2.23. The fourth-order valence-corrected chi connectivity index (χ4v) is 4.92. The fraction of sp³-hybridized carbons (Fsp3) is 0.472. The summed E-state index contributed by atoms with van der Waals surface area (Å²) >= 11 is 0. The standard InChI is InChI=1S/C21H29N7O.C15H22F3NO2/c1-21(2,3)17-11-15-13-28(20(29)27-18(15)26-17)16-7-5-14(6-8-16)12-24-9-4-10-25-19(22)23;1-14(2,3)11-7-10(13(20)5-4-6-19)8-12(9-11)21-15(16,17)18/h5-8,11,13,24H,4,9-10,12H2,1-3H3,(H4,22,23,25)(H,26,27,29);7-9,13,20H,4-6,19H2,1-3H3/t;13-/m.0/s1. The first-order chi connectivity index (χ1) is 23.3. The number of fused-ring (bicyclic) bond motifs is 1. The molecular formula is C36H51F3N8O3. The van der Waals surface area contributed by atoms with Gasteiger partial charge in [0.2, 0.25) is 0 Å². The van der Waals surface area contributed by atoms with Gasteiger partial charge in [-0.15, -0.1) is 13.2 Å². The minimum atomic E-state index is -4.75. The highest BCUT2D eigenvalue weighted by Crippen LogP contribution is 2.33. The second kappa shape index (κ2) is 17.0. The maximum absolute atomic E-state index is 12.5. The molecule has 2 heterocycles. The number of nitrogens with two attached hydrogens (primary N) is 3. The van der Waals surface area contributed by atoms with Gasteiger partial charge in [0.15, 0.2) is 5.96 Å². The molecule has 0 saturated carbocycles. The van der Waals surface area contributed by atoms with Crippen molar-refractivity contribution in [2.24, 2.45) is 22.2 Å². The van der Waals surface area contributed by atoms with Crippen molar-refractivity contribution < 1.29 is 23.0 Å². The average molecular weight is 701 g/mol. The first-order valence-corrected chi connectivity index (χ1v) is 16.5. The Kier molecular flexibility index (Phi) is 13.6. The summed E-state index contributed by atoms with van der Waals surface area (Å²) in [4.78, 5) is 23.9. The number of aliphatic hydroxyl groups is 1. The number of benzene rings is 2. The number of aromatic nitrogens is 3. The van der Waals surface area contributed by atoms with E-state index in [1.165, 1.54) is 12.1 Å². The number of halogens is 3. The van der Waals surface area contributed by atoms with E-state index in [1.54, 1.807) is 10.6 Å². The van der Waals surface area contributed by atoms with E-state index in [1.807, 2.05) is 51.2 Å². The molecule has 50 heavy (non-hydrogen) atoms. The number of hydrogen-bond acceptors (Lipinski definition) is 7. The zero-order valence-electron chi connectivity index (χ0n) is 29.7. The van der Waals surface area contributed by atoms with E-state index in [4.69, 9.17) is 17.2 Å². The summed E-state index contributed by atoms with van der Waals surface area (Å²) in [7, 11) is 0. The van der Waals surface area contributed by atoms with Gasteiger partial charge in [0, 0.05) is 35.8 Å². The number of alkyl halides is 3. The molecule has 0 aliphatic heterocycles. The van der Waals surface area contributed by atoms with Crippen LogP contribution in [0.2, 0.25) is 0 Å². The number of aliphatic hydroxyl groups excluding tert-OH is 1. The first kappa shape index (κ1) is 40.0. The lowest BCUT2D eigenvalue weighted by atomic mass is 9.85. The number of aromatic amines is 1. The highest BCUT2D eigenvalue weighted by Gasteiger charge is 2.32. The number of hydrogen-bond donors (Lipinski definition) is 6. The van der Waals surface area contributed by atoms with Crippen LogP contribution in [0, 0.1) is 0 Å². The number of nitrogens with one attached hydrogen (secondary N) is 2. The minimum Gasteiger partial charge on any atom is -0.406 e. The molecule has 274 valence electrons. The van der Waals surface area contributed by atoms with Crippen LogP contribution in [0.25, 0.3) is 16.7 Å². The SMILES string of the molecule is CC(C)(C)c1cc(OC(F)(F)F)cc([C@@H](O)CCCN)c1.CC(C)(C)c1cc2cn(-c3ccc(CNCCCN=C(N)N)cc3)c(=O)nc2[nH]1. The summed E-state index contributed by atoms with van der Waals surface area (Å²) in [5, 5.41) is 14.3. The van der Waals surface area contributed by atoms with Gasteiger partial charge in [0.25, 0.3) is 0 Å². The molecule has 9 N–H and O–H groups in total. The second-order valence-corrected chi connectivity index (χ2v) is 14.2. The largest absolute Gasteiger partial charge is 0.573 e. The smallest absolute Gasteiger partial charge is 0.406 e. The van der Waals surface area contributed by atoms with Crippen LogP contribution < -0.4 is 32.9 Å². The Morgan fingerprint density at radius 1 is 1.02 bits per heavy atom. The van der Waals surface area contributed by atoms with Gasteiger partial charge in [-0.3, -0.25) is 9.56 Å². The summed E-state index contributed by atoms with van der Waals surface area (Å²) in [5.41, 5.74) is 20.0. The Balaban J connectivity index is 0.000000286. The lowest BCUT2D eigenvalue weighted by molar-refractivity contribution is -0.274. The molecule has 0 bridgehead atoms. The van der Waals surface area contributed by atoms with Crippen molar-refractivity contribution in [3.63, 3.8) is 0 Å². The highest BCUT2D eigenvalue weighted by molar-refractivity contribution is 5.76. The summed E-state index contributed by atoms with van der Waals surface area (Å²) in [6, 6.07) is 14.2. The van der Waals surface area contributed by atoms with Gasteiger partial charge < -0.3 is 37.3 Å². The Morgan fingerprint density at radius 2 is 1.70 bits per heavy atom. The van der Waals surface area contributed by atoms with Crippen LogP contribution in [0.15, 0.2) is 64.5 Å². The quantitative estimate of drug-likeness (QED) is 0.0643. The molecule has 2 aromatic carbocycles. The number of aliphatic imine (C=N–C) groups is 1. The summed E-state index contributed by atoms with van der Waals surface area (Å²) in [6.07, 6.45) is -1.91. The first-order valence-electron chi connectivity index (χ1n) is 16.5. The van der Waals surface area contributed by atoms with Crippen LogP contribution in [-0.2, 0) is 17.4 Å². The number of H-pyrrole nitrogens is 1. The van der Waals surface area contributed by atoms with E-state index in [0.29, 0.717) is 42.7 Å². The van der Waals surface area contributed by atoms with Crippen LogP contribution in [0.4, 0.5) is 13.2 Å². The maximum atomic E-state index is 12.5. The third kappa shape index (κ3) is 12.5. The average Bonchev–Trinajstić information content (AvgIpc) is 3.44. The molecule has 0 radical (unpaired) electrons. The zero-order chi connectivity index (χ0) is 37.3. The normalized spacial score (nSPS) is 12.7. The van der Waals surface area contributed by atoms with Crippen molar-refractivity contribution in [1.29, 1.82) is 0 Å². The van der Waals surface area contributed by atoms with E-state index in [-0.39, 0.29) is 28.2 Å². The fourth-order valence-electron chi connectivity index (χ4n) is 4.92. The van der Waals surface area contributed by atoms with E-state index in [0.717, 1.165) is 41.8 Å². The van der Waals surface area contributed by atoms with Gasteiger partial charge in [0.1, 0.15) is 11.4 Å². The highest BCUT2D eigenvalue weighted by atomic mass is 19.4. The maximum Gasteiger partial charge on any atom is 0.573 e. The van der Waals surface area contributed by atoms with Gasteiger partial charge in [-0.25, -0.2) is 4.79 Å². The molecule has 0 unspecified atom stereocenters. The van der Waals surface area contributed by atoms with Crippen molar-refractivity contribution >= 4 is 17.0 Å². The summed E-state index contributed by atoms with van der Waals surface area (Å²) in [5.74, 6) is -0.186. The molecule has 2 aromatic heterocycles. The van der Waals surface area contributed by atoms with E-state index >= 15 is 0 Å². The molecule has 0 aliphatic carbocycles. The minimum absolute atomic E-state index is 0.0352. The Hall–Kier alpha value is -4.40. The molecule has 1 atom stereocenters. The molecule has 0 fully saturated rings. The van der Waals surface area contributed by atoms with E-state index in [2.05, 4.69) is 51.9 Å². The van der Waals surface area contributed by atoms with Crippen molar-refractivity contribution in [1.82, 2.24) is 19.9 Å². The van der Waals surface area contributed by atoms with Crippen molar-refractivity contribution in [2.75, 3.05) is 19.6 Å². The second-order valence-electron chi connectivity index (χ2n) is 14.2. The van der Waals surface area contributed by atoms with Gasteiger partial charge in [-0.1, -0.05) is 59.7 Å². The molecular weight excluding hydrogens is 649 g/mol. The van der Waals surface area contributed by atoms with Crippen LogP contribution in [-0.4, -0.2) is 51.6 Å². The van der Waals surface area contributed by atoms with Crippen LogP contribution >= 0.6 is 0 Å². The third-order valence-corrected chi connectivity index (χ3v) is 7.76. The Bertz CT molecular complexity index is 1770. The predicted octanol–water partition coefficient (Wildman–Crippen LogP) is 5.42. The molecule has 0 saturated heterocycles. The number of rotatable bonds is 12. The van der Waals surface area contributed by atoms with Gasteiger partial charge in [-0.2, -0.15) is 4.98 Å². The molecule has 0 aliphatic rings. The van der Waals surface area contributed by atoms with Crippen molar-refractivity contribution in [2.45, 2.75) is 90.6 Å². The Morgan fingerprint density at radius 3 is 2.28 bits per heavy atom. The molecule has 4 aromatic rings. The summed E-state index contributed by atoms with van der Waals surface area (Å²) < 4.78 is 42.8. The van der Waals surface area contributed by atoms with Crippen LogP contribution in [0.5, 0.6) is 5.75 Å². The lowest BCUT2D eigenvalue weighted by Crippen LogP contribution is -2.23. The molecule has 0 amide bonds. The Labute approximate surface area is 291 Å². The van der Waals surface area contributed by atoms with Crippen LogP contribution in [0.3, 0.4) is 0 Å². The molecule has 11 nitrogen and oxygen atoms in total. The topological polar surface area (TPSA) is 183 Å². The zero-order valence-corrected chi connectivity index (χ0v) is 29.7. The van der Waals surface area contributed by atoms with Gasteiger partial charge in [0.05, 0.1) is 11.8 Å².